The third kappa shape index (κ3) is 5.28. The van der Waals surface area contributed by atoms with Crippen molar-refractivity contribution in [3.05, 3.63) is 76.6 Å². The van der Waals surface area contributed by atoms with Crippen LogP contribution in [0.25, 0.3) is 21.7 Å². The molecule has 35 heavy (non-hydrogen) atoms. The van der Waals surface area contributed by atoms with Crippen molar-refractivity contribution in [3.63, 3.8) is 0 Å². The number of hydrogen-bond acceptors (Lipinski definition) is 6. The van der Waals surface area contributed by atoms with E-state index < -0.39 is 23.8 Å². The first-order valence-electron chi connectivity index (χ1n) is 10.9. The highest BCUT2D eigenvalue weighted by molar-refractivity contribution is 6.13. The van der Waals surface area contributed by atoms with Gasteiger partial charge in [0.2, 0.25) is 11.9 Å². The number of pyridine rings is 2. The van der Waals surface area contributed by atoms with Gasteiger partial charge < -0.3 is 26.1 Å². The maximum atomic E-state index is 13.5. The molecule has 2 aromatic heterocycles. The number of carbonyl (C=O) groups is 2. The number of para-hydroxylation sites is 1. The van der Waals surface area contributed by atoms with E-state index in [1.165, 1.54) is 18.3 Å². The fraction of sp³-hybridized carbons (Fsp3) is 0.200. The van der Waals surface area contributed by atoms with Crippen molar-refractivity contribution in [1.82, 2.24) is 9.97 Å². The number of primary amides is 1. The van der Waals surface area contributed by atoms with Crippen molar-refractivity contribution >= 4 is 44.9 Å². The van der Waals surface area contributed by atoms with E-state index in [4.69, 9.17) is 10.5 Å². The SMILES string of the molecule is CC(C)OCC(Nc1ccnc(F)c1)C(=O)Nc1ccc2c(=O)[nH]c3c(C(N)=O)cccc3c2c1. The van der Waals surface area contributed by atoms with Gasteiger partial charge in [-0.25, -0.2) is 4.98 Å². The Balaban J connectivity index is 1.68. The summed E-state index contributed by atoms with van der Waals surface area (Å²) in [6, 6.07) is 11.7. The molecule has 4 rings (SSSR count). The van der Waals surface area contributed by atoms with Crippen molar-refractivity contribution in [3.8, 4) is 0 Å². The van der Waals surface area contributed by atoms with Gasteiger partial charge in [-0.3, -0.25) is 14.4 Å². The summed E-state index contributed by atoms with van der Waals surface area (Å²) in [5, 5.41) is 7.33. The Kier molecular flexibility index (Phi) is 6.74. The van der Waals surface area contributed by atoms with Crippen LogP contribution in [0, 0.1) is 5.95 Å². The van der Waals surface area contributed by atoms with Crippen LogP contribution in [0.4, 0.5) is 15.8 Å². The Morgan fingerprint density at radius 2 is 1.89 bits per heavy atom. The molecule has 2 heterocycles. The molecule has 0 aliphatic carbocycles. The number of nitrogens with one attached hydrogen (secondary N) is 3. The van der Waals surface area contributed by atoms with Gasteiger partial charge in [-0.05, 0) is 49.6 Å². The molecule has 2 aromatic carbocycles. The molecular formula is C25H24FN5O4. The number of anilines is 2. The van der Waals surface area contributed by atoms with Crippen LogP contribution < -0.4 is 21.9 Å². The molecule has 4 aromatic rings. The topological polar surface area (TPSA) is 139 Å². The van der Waals surface area contributed by atoms with Crippen LogP contribution >= 0.6 is 0 Å². The number of aromatic nitrogens is 2. The quantitative estimate of drug-likeness (QED) is 0.227. The number of amides is 2. The number of aromatic amines is 1. The van der Waals surface area contributed by atoms with Crippen molar-refractivity contribution in [2.24, 2.45) is 5.73 Å². The van der Waals surface area contributed by atoms with Crippen LogP contribution in [0.5, 0.6) is 0 Å². The van der Waals surface area contributed by atoms with E-state index in [0.29, 0.717) is 33.1 Å². The Morgan fingerprint density at radius 3 is 2.60 bits per heavy atom. The summed E-state index contributed by atoms with van der Waals surface area (Å²) < 4.78 is 19.1. The lowest BCUT2D eigenvalue weighted by Crippen LogP contribution is -2.39. The molecule has 1 atom stereocenters. The fourth-order valence-electron chi connectivity index (χ4n) is 3.73. The average molecular weight is 477 g/mol. The lowest BCUT2D eigenvalue weighted by atomic mass is 10.0. The second kappa shape index (κ2) is 9.90. The monoisotopic (exact) mass is 477 g/mol. The summed E-state index contributed by atoms with van der Waals surface area (Å²) in [4.78, 5) is 43.8. The van der Waals surface area contributed by atoms with E-state index in [2.05, 4.69) is 20.6 Å². The molecule has 0 saturated heterocycles. The molecule has 1 unspecified atom stereocenters. The minimum absolute atomic E-state index is 0.0333. The van der Waals surface area contributed by atoms with Gasteiger partial charge in [-0.15, -0.1) is 0 Å². The molecule has 0 bridgehead atoms. The third-order valence-electron chi connectivity index (χ3n) is 5.37. The Labute approximate surface area is 199 Å². The highest BCUT2D eigenvalue weighted by Gasteiger charge is 2.21. The molecule has 0 fully saturated rings. The first-order valence-corrected chi connectivity index (χ1v) is 10.9. The number of hydrogen-bond donors (Lipinski definition) is 4. The molecular weight excluding hydrogens is 453 g/mol. The lowest BCUT2D eigenvalue weighted by Gasteiger charge is -2.21. The molecule has 0 aliphatic rings. The summed E-state index contributed by atoms with van der Waals surface area (Å²) >= 11 is 0. The van der Waals surface area contributed by atoms with E-state index >= 15 is 0 Å². The molecule has 0 saturated carbocycles. The van der Waals surface area contributed by atoms with E-state index in [1.807, 2.05) is 13.8 Å². The number of nitrogens with two attached hydrogens (primary N) is 1. The second-order valence-electron chi connectivity index (χ2n) is 8.24. The predicted octanol–water partition coefficient (Wildman–Crippen LogP) is 3.16. The molecule has 5 N–H and O–H groups in total. The molecule has 9 nitrogen and oxygen atoms in total. The van der Waals surface area contributed by atoms with Crippen molar-refractivity contribution in [1.29, 1.82) is 0 Å². The zero-order chi connectivity index (χ0) is 25.1. The Hall–Kier alpha value is -4.31. The van der Waals surface area contributed by atoms with Gasteiger partial charge in [0, 0.05) is 34.4 Å². The van der Waals surface area contributed by atoms with E-state index in [1.54, 1.807) is 36.4 Å². The van der Waals surface area contributed by atoms with Crippen LogP contribution in [-0.2, 0) is 9.53 Å². The van der Waals surface area contributed by atoms with E-state index in [-0.39, 0.29) is 23.8 Å². The standard InChI is InChI=1S/C25H24FN5O4/c1-13(2)35-12-20(29-15-8-9-28-21(26)11-15)25(34)30-14-6-7-17-19(10-14)16-4-3-5-18(23(27)32)22(16)31-24(17)33/h3-11,13,20H,12H2,1-2H3,(H2,27,32)(H,28,29)(H,30,34)(H,31,33). The first-order chi connectivity index (χ1) is 16.7. The normalized spacial score (nSPS) is 12.1. The lowest BCUT2D eigenvalue weighted by molar-refractivity contribution is -0.118. The van der Waals surface area contributed by atoms with Crippen LogP contribution in [-0.4, -0.2) is 40.5 Å². The number of carbonyl (C=O) groups excluding carboxylic acids is 2. The fourth-order valence-corrected chi connectivity index (χ4v) is 3.73. The van der Waals surface area contributed by atoms with Crippen LogP contribution in [0.15, 0.2) is 59.5 Å². The van der Waals surface area contributed by atoms with Crippen molar-refractivity contribution < 1.29 is 18.7 Å². The maximum Gasteiger partial charge on any atom is 0.256 e. The van der Waals surface area contributed by atoms with Gasteiger partial charge in [0.15, 0.2) is 0 Å². The Morgan fingerprint density at radius 1 is 1.09 bits per heavy atom. The predicted molar refractivity (Wildman–Crippen MR) is 132 cm³/mol. The van der Waals surface area contributed by atoms with Crippen LogP contribution in [0.3, 0.4) is 0 Å². The molecule has 0 aliphatic heterocycles. The molecule has 2 amide bonds. The van der Waals surface area contributed by atoms with Crippen LogP contribution in [0.2, 0.25) is 0 Å². The van der Waals surface area contributed by atoms with E-state index in [9.17, 15) is 18.8 Å². The summed E-state index contributed by atoms with van der Waals surface area (Å²) in [5.74, 6) is -1.77. The second-order valence-corrected chi connectivity index (χ2v) is 8.24. The summed E-state index contributed by atoms with van der Waals surface area (Å²) in [6.07, 6.45) is 1.17. The van der Waals surface area contributed by atoms with Crippen molar-refractivity contribution in [2.75, 3.05) is 17.2 Å². The maximum absolute atomic E-state index is 13.5. The largest absolute Gasteiger partial charge is 0.376 e. The van der Waals surface area contributed by atoms with Gasteiger partial charge in [0.1, 0.15) is 6.04 Å². The first kappa shape index (κ1) is 23.8. The number of ether oxygens (including phenoxy) is 1. The molecule has 10 heteroatoms. The number of rotatable bonds is 8. The summed E-state index contributed by atoms with van der Waals surface area (Å²) in [6.45, 7) is 3.71. The number of H-pyrrole nitrogens is 1. The van der Waals surface area contributed by atoms with Crippen molar-refractivity contribution in [2.45, 2.75) is 26.0 Å². The van der Waals surface area contributed by atoms with Gasteiger partial charge in [-0.2, -0.15) is 4.39 Å². The number of halogens is 1. The third-order valence-corrected chi connectivity index (χ3v) is 5.37. The summed E-state index contributed by atoms with van der Waals surface area (Å²) in [5.41, 5.74) is 6.39. The van der Waals surface area contributed by atoms with Gasteiger partial charge in [0.25, 0.3) is 11.5 Å². The van der Waals surface area contributed by atoms with Gasteiger partial charge >= 0.3 is 0 Å². The molecule has 180 valence electrons. The van der Waals surface area contributed by atoms with Crippen LogP contribution in [0.1, 0.15) is 24.2 Å². The molecule has 0 spiro atoms. The van der Waals surface area contributed by atoms with E-state index in [0.717, 1.165) is 0 Å². The number of benzene rings is 2. The minimum atomic E-state index is -0.840. The highest BCUT2D eigenvalue weighted by Crippen LogP contribution is 2.26. The zero-order valence-electron chi connectivity index (χ0n) is 19.1. The van der Waals surface area contributed by atoms with Gasteiger partial charge in [0.05, 0.1) is 23.8 Å². The smallest absolute Gasteiger partial charge is 0.256 e. The minimum Gasteiger partial charge on any atom is -0.376 e. The average Bonchev–Trinajstić information content (AvgIpc) is 2.81. The number of fused-ring (bicyclic) bond motifs is 3. The molecule has 0 radical (unpaired) electrons. The number of nitrogens with zero attached hydrogens (tertiary/aromatic N) is 1. The van der Waals surface area contributed by atoms with Gasteiger partial charge in [-0.1, -0.05) is 12.1 Å². The zero-order valence-corrected chi connectivity index (χ0v) is 19.1. The summed E-state index contributed by atoms with van der Waals surface area (Å²) in [7, 11) is 0. The Bertz CT molecular complexity index is 1480. The highest BCUT2D eigenvalue weighted by atomic mass is 19.1.